The molecular formula is C55H93O12P. The molecule has 0 radical (unpaired) electrons. The zero-order valence-electron chi connectivity index (χ0n) is 41.9. The smallest absolute Gasteiger partial charge is 0.457 e. The number of aliphatic hydroxyl groups excluding tert-OH is 5. The molecule has 0 bridgehead atoms. The summed E-state index contributed by atoms with van der Waals surface area (Å²) in [6.45, 7) is 4.06. The highest BCUT2D eigenvalue weighted by Gasteiger charge is 2.51. The van der Waals surface area contributed by atoms with Gasteiger partial charge >= 0.3 is 13.8 Å². The molecule has 0 spiro atoms. The van der Waals surface area contributed by atoms with Crippen molar-refractivity contribution >= 4 is 13.8 Å². The van der Waals surface area contributed by atoms with Crippen LogP contribution in [0.3, 0.4) is 0 Å². The van der Waals surface area contributed by atoms with E-state index in [0.717, 1.165) is 77.0 Å². The van der Waals surface area contributed by atoms with Crippen LogP contribution in [0.1, 0.15) is 181 Å². The summed E-state index contributed by atoms with van der Waals surface area (Å²) in [5, 5.41) is 50.3. The van der Waals surface area contributed by atoms with Crippen molar-refractivity contribution in [3.05, 3.63) is 97.2 Å². The van der Waals surface area contributed by atoms with Crippen molar-refractivity contribution in [2.75, 3.05) is 19.8 Å². The van der Waals surface area contributed by atoms with E-state index >= 15 is 0 Å². The Balaban J connectivity index is 2.37. The van der Waals surface area contributed by atoms with E-state index in [4.69, 9.17) is 18.5 Å². The average molecular weight is 977 g/mol. The first-order valence-electron chi connectivity index (χ1n) is 26.1. The molecule has 6 unspecified atom stereocenters. The molecule has 0 aromatic rings. The fourth-order valence-corrected chi connectivity index (χ4v) is 8.31. The topological polar surface area (TPSA) is 192 Å². The molecule has 12 nitrogen and oxygen atoms in total. The minimum Gasteiger partial charge on any atom is -0.457 e. The van der Waals surface area contributed by atoms with Crippen molar-refractivity contribution in [2.24, 2.45) is 0 Å². The van der Waals surface area contributed by atoms with Gasteiger partial charge in [0.05, 0.1) is 13.2 Å². The Labute approximate surface area is 411 Å². The number of aliphatic hydroxyl groups is 5. The SMILES string of the molecule is CC/C=C\C/C=C\C/C=C\C/C=C\C/C=C\CCCC(=O)OC(COCCCCCCCCCCC/C=C\C/C=C\C/C=C\CCCCCCC)COP(=O)(O)OC1C(O)C(O)C(O)C(O)C1O. The standard InChI is InChI=1S/C55H93O12P/c1-3-5-7-9-11-13-15-17-19-21-22-23-24-25-26-27-29-31-33-35-37-39-41-43-45-64-46-48(47-65-68(62,63)67-55-53(60)51(58)50(57)52(59)54(55)61)66-49(56)44-42-40-38-36-34-32-30-28-20-18-16-14-12-10-8-6-4-2/h6,8,12,14-15,17-18,20-22,24-25,30,32,36,38,48,50-55,57-61H,3-5,7,9-11,13,16,19,23,26-29,31,33-35,37,39-47H2,1-2H3,(H,62,63)/b8-6-,14-12-,17-15-,20-18-,22-21-,25-24-,32-30-,38-36-. The number of allylic oxidation sites excluding steroid dienone is 16. The van der Waals surface area contributed by atoms with Crippen LogP contribution in [-0.4, -0.2) is 98.9 Å². The van der Waals surface area contributed by atoms with Crippen LogP contribution >= 0.6 is 7.82 Å². The van der Waals surface area contributed by atoms with Crippen molar-refractivity contribution in [3.8, 4) is 0 Å². The first kappa shape index (κ1) is 63.3. The fraction of sp³-hybridized carbons (Fsp3) is 0.691. The summed E-state index contributed by atoms with van der Waals surface area (Å²) in [5.41, 5.74) is 0. The average Bonchev–Trinajstić information content (AvgIpc) is 3.32. The van der Waals surface area contributed by atoms with Gasteiger partial charge in [-0.05, 0) is 89.9 Å². The molecular weight excluding hydrogens is 884 g/mol. The van der Waals surface area contributed by atoms with E-state index in [-0.39, 0.29) is 13.0 Å². The number of carbonyl (C=O) groups is 1. The van der Waals surface area contributed by atoms with Gasteiger partial charge in [-0.25, -0.2) is 4.57 Å². The first-order valence-corrected chi connectivity index (χ1v) is 27.6. The molecule has 0 amide bonds. The van der Waals surface area contributed by atoms with E-state index in [9.17, 15) is 39.8 Å². The number of hydrogen-bond donors (Lipinski definition) is 6. The second kappa shape index (κ2) is 44.2. The Morgan fingerprint density at radius 2 is 0.868 bits per heavy atom. The third kappa shape index (κ3) is 35.4. The summed E-state index contributed by atoms with van der Waals surface area (Å²) in [7, 11) is -5.05. The van der Waals surface area contributed by atoms with E-state index in [1.54, 1.807) is 0 Å². The van der Waals surface area contributed by atoms with Crippen LogP contribution in [0.4, 0.5) is 0 Å². The largest absolute Gasteiger partial charge is 0.472 e. The van der Waals surface area contributed by atoms with Gasteiger partial charge in [-0.3, -0.25) is 13.8 Å². The van der Waals surface area contributed by atoms with Gasteiger partial charge in [0.1, 0.15) is 42.7 Å². The van der Waals surface area contributed by atoms with Crippen molar-refractivity contribution in [2.45, 2.75) is 224 Å². The van der Waals surface area contributed by atoms with Gasteiger partial charge in [0.25, 0.3) is 0 Å². The molecule has 0 saturated heterocycles. The molecule has 1 saturated carbocycles. The van der Waals surface area contributed by atoms with Crippen molar-refractivity contribution in [1.29, 1.82) is 0 Å². The van der Waals surface area contributed by atoms with Crippen LogP contribution in [0.5, 0.6) is 0 Å². The normalized spacial score (nSPS) is 21.9. The maximum atomic E-state index is 12.9. The zero-order chi connectivity index (χ0) is 49.8. The maximum absolute atomic E-state index is 12.9. The highest BCUT2D eigenvalue weighted by Crippen LogP contribution is 2.47. The van der Waals surface area contributed by atoms with Gasteiger partial charge in [0.15, 0.2) is 0 Å². The predicted octanol–water partition coefficient (Wildman–Crippen LogP) is 11.9. The van der Waals surface area contributed by atoms with Gasteiger partial charge in [0, 0.05) is 13.0 Å². The van der Waals surface area contributed by atoms with Crippen LogP contribution < -0.4 is 0 Å². The third-order valence-corrected chi connectivity index (χ3v) is 12.4. The molecule has 13 heteroatoms. The lowest BCUT2D eigenvalue weighted by Gasteiger charge is -2.41. The fourth-order valence-electron chi connectivity index (χ4n) is 7.34. The van der Waals surface area contributed by atoms with Crippen LogP contribution in [0.15, 0.2) is 97.2 Å². The van der Waals surface area contributed by atoms with E-state index in [2.05, 4.69) is 98.9 Å². The molecule has 1 rings (SSSR count). The predicted molar refractivity (Wildman–Crippen MR) is 276 cm³/mol. The van der Waals surface area contributed by atoms with E-state index < -0.39 is 63.1 Å². The summed E-state index contributed by atoms with van der Waals surface area (Å²) in [5.74, 6) is -0.539. The Morgan fingerprint density at radius 3 is 1.32 bits per heavy atom. The lowest BCUT2D eigenvalue weighted by atomic mass is 9.85. The third-order valence-electron chi connectivity index (χ3n) is 11.4. The first-order chi connectivity index (χ1) is 33.0. The summed E-state index contributed by atoms with van der Waals surface area (Å²) < 4.78 is 34.2. The minimum absolute atomic E-state index is 0.101. The van der Waals surface area contributed by atoms with E-state index in [0.29, 0.717) is 19.4 Å². The molecule has 0 aromatic heterocycles. The molecule has 0 aromatic carbocycles. The highest BCUT2D eigenvalue weighted by molar-refractivity contribution is 7.47. The molecule has 1 aliphatic rings. The van der Waals surface area contributed by atoms with Crippen LogP contribution in [0, 0.1) is 0 Å². The van der Waals surface area contributed by atoms with Crippen molar-refractivity contribution in [1.82, 2.24) is 0 Å². The van der Waals surface area contributed by atoms with Crippen LogP contribution in [-0.2, 0) is 27.9 Å². The number of ether oxygens (including phenoxy) is 2. The van der Waals surface area contributed by atoms with Gasteiger partial charge in [-0.15, -0.1) is 0 Å². The van der Waals surface area contributed by atoms with Gasteiger partial charge in [-0.1, -0.05) is 182 Å². The molecule has 6 N–H and O–H groups in total. The highest BCUT2D eigenvalue weighted by atomic mass is 31.2. The Kier molecular flexibility index (Phi) is 41.1. The second-order valence-corrected chi connectivity index (χ2v) is 19.0. The summed E-state index contributed by atoms with van der Waals surface area (Å²) >= 11 is 0. The maximum Gasteiger partial charge on any atom is 0.472 e. The van der Waals surface area contributed by atoms with Crippen molar-refractivity contribution in [3.63, 3.8) is 0 Å². The lowest BCUT2D eigenvalue weighted by Crippen LogP contribution is -2.64. The Hall–Kier alpha value is -2.74. The molecule has 6 atom stereocenters. The second-order valence-electron chi connectivity index (χ2n) is 17.6. The Bertz CT molecular complexity index is 1490. The molecule has 1 aliphatic carbocycles. The van der Waals surface area contributed by atoms with Crippen LogP contribution in [0.2, 0.25) is 0 Å². The van der Waals surface area contributed by atoms with Crippen LogP contribution in [0.25, 0.3) is 0 Å². The number of unbranched alkanes of at least 4 members (excludes halogenated alkanes) is 15. The Morgan fingerprint density at radius 1 is 0.485 bits per heavy atom. The number of phosphoric acid groups is 1. The van der Waals surface area contributed by atoms with E-state index in [1.807, 2.05) is 12.2 Å². The number of carbonyl (C=O) groups excluding carboxylic acids is 1. The summed E-state index contributed by atoms with van der Waals surface area (Å²) in [4.78, 5) is 23.2. The minimum atomic E-state index is -5.05. The summed E-state index contributed by atoms with van der Waals surface area (Å²) in [6.07, 6.45) is 49.1. The monoisotopic (exact) mass is 977 g/mol. The molecule has 0 aliphatic heterocycles. The number of rotatable bonds is 43. The van der Waals surface area contributed by atoms with Crippen molar-refractivity contribution < 1.29 is 58.3 Å². The number of phosphoric ester groups is 1. The molecule has 0 heterocycles. The molecule has 68 heavy (non-hydrogen) atoms. The van der Waals surface area contributed by atoms with E-state index in [1.165, 1.54) is 70.6 Å². The molecule has 1 fully saturated rings. The van der Waals surface area contributed by atoms with Gasteiger partial charge in [-0.2, -0.15) is 0 Å². The lowest BCUT2D eigenvalue weighted by molar-refractivity contribution is -0.220. The number of esters is 1. The number of hydrogen-bond acceptors (Lipinski definition) is 11. The zero-order valence-corrected chi connectivity index (χ0v) is 42.8. The van der Waals surface area contributed by atoms with Gasteiger partial charge < -0.3 is 39.9 Å². The molecule has 390 valence electrons. The quantitative estimate of drug-likeness (QED) is 0.0147. The summed E-state index contributed by atoms with van der Waals surface area (Å²) in [6, 6.07) is 0. The van der Waals surface area contributed by atoms with Gasteiger partial charge in [0.2, 0.25) is 0 Å².